The molecule has 0 unspecified atom stereocenters. The minimum Gasteiger partial charge on any atom is -0.497 e. The van der Waals surface area contributed by atoms with Gasteiger partial charge >= 0.3 is 0 Å². The van der Waals surface area contributed by atoms with Crippen molar-refractivity contribution in [2.75, 3.05) is 26.0 Å². The van der Waals surface area contributed by atoms with E-state index in [0.29, 0.717) is 11.6 Å². The minimum absolute atomic E-state index is 0.0929. The SMILES string of the molecule is COc1cccc(Cc2cnc(NC(=O)CN(C)C(=O)c3ccco3)s2)c1. The highest BCUT2D eigenvalue weighted by molar-refractivity contribution is 7.15. The topological polar surface area (TPSA) is 84.7 Å². The van der Waals surface area contributed by atoms with E-state index >= 15 is 0 Å². The number of rotatable bonds is 7. The highest BCUT2D eigenvalue weighted by atomic mass is 32.1. The zero-order valence-corrected chi connectivity index (χ0v) is 15.8. The second-order valence-electron chi connectivity index (χ2n) is 5.85. The molecule has 3 rings (SSSR count). The fraction of sp³-hybridized carbons (Fsp3) is 0.211. The summed E-state index contributed by atoms with van der Waals surface area (Å²) >= 11 is 1.40. The van der Waals surface area contributed by atoms with Crippen LogP contribution in [-0.2, 0) is 11.2 Å². The van der Waals surface area contributed by atoms with Crippen molar-refractivity contribution in [2.24, 2.45) is 0 Å². The number of hydrogen-bond acceptors (Lipinski definition) is 6. The number of ether oxygens (including phenoxy) is 1. The molecule has 0 aliphatic heterocycles. The average Bonchev–Trinajstić information content (AvgIpc) is 3.33. The number of furan rings is 1. The number of likely N-dealkylation sites (N-methyl/N-ethyl adjacent to an activating group) is 1. The Kier molecular flexibility index (Phi) is 5.87. The maximum absolute atomic E-state index is 12.2. The van der Waals surface area contributed by atoms with Gasteiger partial charge in [0.05, 0.1) is 13.4 Å². The zero-order chi connectivity index (χ0) is 19.2. The van der Waals surface area contributed by atoms with Crippen molar-refractivity contribution in [2.45, 2.75) is 6.42 Å². The monoisotopic (exact) mass is 385 g/mol. The Labute approximate surface area is 160 Å². The van der Waals surface area contributed by atoms with Crippen molar-refractivity contribution in [3.05, 3.63) is 65.1 Å². The molecule has 8 heteroatoms. The molecule has 27 heavy (non-hydrogen) atoms. The van der Waals surface area contributed by atoms with Crippen LogP contribution >= 0.6 is 11.3 Å². The fourth-order valence-corrected chi connectivity index (χ4v) is 3.33. The van der Waals surface area contributed by atoms with E-state index in [2.05, 4.69) is 10.3 Å². The number of amides is 2. The summed E-state index contributed by atoms with van der Waals surface area (Å²) in [6.45, 7) is -0.0929. The van der Waals surface area contributed by atoms with Crippen molar-refractivity contribution in [1.82, 2.24) is 9.88 Å². The molecule has 0 atom stereocenters. The molecule has 0 radical (unpaired) electrons. The average molecular weight is 385 g/mol. The third-order valence-electron chi connectivity index (χ3n) is 3.77. The third-order valence-corrected chi connectivity index (χ3v) is 4.68. The van der Waals surface area contributed by atoms with E-state index in [1.807, 2.05) is 24.3 Å². The first-order valence-corrected chi connectivity index (χ1v) is 9.03. The van der Waals surface area contributed by atoms with Crippen LogP contribution in [0.1, 0.15) is 21.0 Å². The molecule has 2 aromatic heterocycles. The second kappa shape index (κ2) is 8.50. The van der Waals surface area contributed by atoms with Gasteiger partial charge in [-0.05, 0) is 29.8 Å². The first-order chi connectivity index (χ1) is 13.0. The van der Waals surface area contributed by atoms with Crippen molar-refractivity contribution in [3.8, 4) is 5.75 Å². The summed E-state index contributed by atoms with van der Waals surface area (Å²) in [4.78, 5) is 30.8. The number of aromatic nitrogens is 1. The number of benzene rings is 1. The number of hydrogen-bond donors (Lipinski definition) is 1. The Morgan fingerprint density at radius 3 is 2.89 bits per heavy atom. The Morgan fingerprint density at radius 1 is 1.30 bits per heavy atom. The molecular formula is C19H19N3O4S. The van der Waals surface area contributed by atoms with Gasteiger partial charge in [-0.25, -0.2) is 4.98 Å². The number of nitrogens with zero attached hydrogens (tertiary/aromatic N) is 2. The molecule has 0 bridgehead atoms. The van der Waals surface area contributed by atoms with Gasteiger partial charge in [-0.1, -0.05) is 12.1 Å². The molecule has 2 heterocycles. The molecule has 7 nitrogen and oxygen atoms in total. The number of methoxy groups -OCH3 is 1. The molecule has 0 aliphatic rings. The number of nitrogens with one attached hydrogen (secondary N) is 1. The molecule has 1 N–H and O–H groups in total. The van der Waals surface area contributed by atoms with Crippen LogP contribution in [0.15, 0.2) is 53.3 Å². The van der Waals surface area contributed by atoms with E-state index in [0.717, 1.165) is 16.2 Å². The maximum Gasteiger partial charge on any atom is 0.289 e. The quantitative estimate of drug-likeness (QED) is 0.676. The fourth-order valence-electron chi connectivity index (χ4n) is 2.46. The minimum atomic E-state index is -0.354. The molecule has 3 aromatic rings. The van der Waals surface area contributed by atoms with Crippen LogP contribution in [0.4, 0.5) is 5.13 Å². The van der Waals surface area contributed by atoms with Crippen LogP contribution in [0.2, 0.25) is 0 Å². The molecule has 0 fully saturated rings. The van der Waals surface area contributed by atoms with Crippen molar-refractivity contribution in [1.29, 1.82) is 0 Å². The molecule has 140 valence electrons. The summed E-state index contributed by atoms with van der Waals surface area (Å²) in [6.07, 6.45) is 3.85. The molecule has 2 amide bonds. The van der Waals surface area contributed by atoms with E-state index in [1.54, 1.807) is 32.5 Å². The summed E-state index contributed by atoms with van der Waals surface area (Å²) in [5.41, 5.74) is 1.10. The van der Waals surface area contributed by atoms with E-state index in [1.165, 1.54) is 22.5 Å². The molecule has 1 aromatic carbocycles. The number of anilines is 1. The Bertz CT molecular complexity index is 921. The molecule has 0 spiro atoms. The molecule has 0 saturated carbocycles. The number of carbonyl (C=O) groups excluding carboxylic acids is 2. The van der Waals surface area contributed by atoms with Gasteiger partial charge in [0.15, 0.2) is 10.9 Å². The smallest absolute Gasteiger partial charge is 0.289 e. The van der Waals surface area contributed by atoms with Crippen LogP contribution in [-0.4, -0.2) is 42.4 Å². The first kappa shape index (κ1) is 18.7. The molecule has 0 saturated heterocycles. The van der Waals surface area contributed by atoms with Gasteiger partial charge in [-0.3, -0.25) is 9.59 Å². The van der Waals surface area contributed by atoms with Crippen LogP contribution in [0.3, 0.4) is 0 Å². The molecular weight excluding hydrogens is 366 g/mol. The van der Waals surface area contributed by atoms with Gasteiger partial charge in [0.2, 0.25) is 5.91 Å². The number of carbonyl (C=O) groups is 2. The van der Waals surface area contributed by atoms with Gasteiger partial charge in [-0.15, -0.1) is 11.3 Å². The highest BCUT2D eigenvalue weighted by Crippen LogP contribution is 2.23. The van der Waals surface area contributed by atoms with Gasteiger partial charge < -0.3 is 19.4 Å². The lowest BCUT2D eigenvalue weighted by Gasteiger charge is -2.14. The predicted octanol–water partition coefficient (Wildman–Crippen LogP) is 3.05. The number of thiazole rings is 1. The van der Waals surface area contributed by atoms with Crippen molar-refractivity contribution < 1.29 is 18.7 Å². The Morgan fingerprint density at radius 2 is 2.15 bits per heavy atom. The second-order valence-corrected chi connectivity index (χ2v) is 6.96. The van der Waals surface area contributed by atoms with Crippen LogP contribution in [0.5, 0.6) is 5.75 Å². The van der Waals surface area contributed by atoms with Crippen molar-refractivity contribution in [3.63, 3.8) is 0 Å². The van der Waals surface area contributed by atoms with E-state index in [4.69, 9.17) is 9.15 Å². The summed E-state index contributed by atoms with van der Waals surface area (Å²) < 4.78 is 10.3. The summed E-state index contributed by atoms with van der Waals surface area (Å²) in [5.74, 6) is 0.322. The van der Waals surface area contributed by atoms with Crippen LogP contribution in [0, 0.1) is 0 Å². The molecule has 0 aliphatic carbocycles. The summed E-state index contributed by atoms with van der Waals surface area (Å²) in [7, 11) is 3.17. The summed E-state index contributed by atoms with van der Waals surface area (Å²) in [5, 5.41) is 3.22. The van der Waals surface area contributed by atoms with E-state index in [-0.39, 0.29) is 24.1 Å². The summed E-state index contributed by atoms with van der Waals surface area (Å²) in [6, 6.07) is 11.0. The van der Waals surface area contributed by atoms with Crippen LogP contribution < -0.4 is 10.1 Å². The Balaban J connectivity index is 1.55. The van der Waals surface area contributed by atoms with E-state index in [9.17, 15) is 9.59 Å². The van der Waals surface area contributed by atoms with Crippen LogP contribution in [0.25, 0.3) is 0 Å². The largest absolute Gasteiger partial charge is 0.497 e. The van der Waals surface area contributed by atoms with Gasteiger partial charge in [0, 0.05) is 24.5 Å². The zero-order valence-electron chi connectivity index (χ0n) is 15.0. The lowest BCUT2D eigenvalue weighted by atomic mass is 10.1. The highest BCUT2D eigenvalue weighted by Gasteiger charge is 2.17. The first-order valence-electron chi connectivity index (χ1n) is 8.21. The predicted molar refractivity (Wildman–Crippen MR) is 102 cm³/mol. The Hall–Kier alpha value is -3.13. The normalized spacial score (nSPS) is 10.4. The van der Waals surface area contributed by atoms with Gasteiger partial charge in [0.1, 0.15) is 12.3 Å². The van der Waals surface area contributed by atoms with E-state index < -0.39 is 0 Å². The van der Waals surface area contributed by atoms with Gasteiger partial charge in [0.25, 0.3) is 5.91 Å². The standard InChI is InChI=1S/C19H19N3O4S/c1-22(18(24)16-7-4-8-26-16)12-17(23)21-19-20-11-15(27-19)10-13-5-3-6-14(9-13)25-2/h3-9,11H,10,12H2,1-2H3,(H,20,21,23). The maximum atomic E-state index is 12.2. The lowest BCUT2D eigenvalue weighted by Crippen LogP contribution is -2.34. The lowest BCUT2D eigenvalue weighted by molar-refractivity contribution is -0.116. The van der Waals surface area contributed by atoms with Gasteiger partial charge in [-0.2, -0.15) is 0 Å². The third kappa shape index (κ3) is 4.95. The van der Waals surface area contributed by atoms with Crippen molar-refractivity contribution >= 4 is 28.3 Å².